The molecule has 1 aromatic carbocycles. The predicted octanol–water partition coefficient (Wildman–Crippen LogP) is 2.95. The Balaban J connectivity index is 1.99. The number of anilines is 1. The van der Waals surface area contributed by atoms with Crippen molar-refractivity contribution in [1.29, 1.82) is 0 Å². The Bertz CT molecular complexity index is 602. The van der Waals surface area contributed by atoms with Crippen LogP contribution < -0.4 is 5.73 Å². The van der Waals surface area contributed by atoms with E-state index >= 15 is 0 Å². The second-order valence-electron chi connectivity index (χ2n) is 4.71. The molecular weight excluding hydrogens is 357 g/mol. The topological polar surface area (TPSA) is 74.2 Å². The van der Waals surface area contributed by atoms with Gasteiger partial charge in [0.1, 0.15) is 5.60 Å². The summed E-state index contributed by atoms with van der Waals surface area (Å²) in [5.74, 6) is 1.07. The van der Waals surface area contributed by atoms with Crippen LogP contribution >= 0.6 is 22.6 Å². The molecule has 19 heavy (non-hydrogen) atoms. The minimum absolute atomic E-state index is 0.363. The van der Waals surface area contributed by atoms with E-state index in [2.05, 4.69) is 32.7 Å². The number of ether oxygens (including phenoxy) is 1. The van der Waals surface area contributed by atoms with Gasteiger partial charge in [-0.1, -0.05) is 5.16 Å². The lowest BCUT2D eigenvalue weighted by molar-refractivity contribution is -0.0858. The molecule has 1 heterocycles. The van der Waals surface area contributed by atoms with Gasteiger partial charge in [-0.25, -0.2) is 0 Å². The van der Waals surface area contributed by atoms with Crippen molar-refractivity contribution in [3.8, 4) is 11.5 Å². The van der Waals surface area contributed by atoms with E-state index in [1.807, 2.05) is 18.2 Å². The Labute approximate surface area is 124 Å². The number of nitrogens with two attached hydrogens (primary N) is 1. The fourth-order valence-corrected chi connectivity index (χ4v) is 2.74. The Morgan fingerprint density at radius 1 is 1.42 bits per heavy atom. The standard InChI is InChI=1S/C13H14IN3O2/c1-18-13(5-2-6-13)12-16-11(19-17-12)9-7-8(14)3-4-10(9)15/h3-4,7H,2,5-6,15H2,1H3. The first kappa shape index (κ1) is 12.9. The Kier molecular flexibility index (Phi) is 3.22. The maximum Gasteiger partial charge on any atom is 0.260 e. The van der Waals surface area contributed by atoms with Crippen molar-refractivity contribution in [3.63, 3.8) is 0 Å². The van der Waals surface area contributed by atoms with Crippen molar-refractivity contribution in [1.82, 2.24) is 10.1 Å². The summed E-state index contributed by atoms with van der Waals surface area (Å²) in [6.07, 6.45) is 3.00. The first-order chi connectivity index (χ1) is 9.14. The maximum atomic E-state index is 5.96. The monoisotopic (exact) mass is 371 g/mol. The molecule has 0 bridgehead atoms. The lowest BCUT2D eigenvalue weighted by atomic mass is 9.79. The smallest absolute Gasteiger partial charge is 0.260 e. The van der Waals surface area contributed by atoms with E-state index in [9.17, 15) is 0 Å². The molecule has 1 saturated carbocycles. The summed E-state index contributed by atoms with van der Waals surface area (Å²) >= 11 is 2.23. The lowest BCUT2D eigenvalue weighted by Crippen LogP contribution is -2.37. The van der Waals surface area contributed by atoms with Crippen molar-refractivity contribution in [2.24, 2.45) is 0 Å². The third-order valence-electron chi connectivity index (χ3n) is 3.63. The summed E-state index contributed by atoms with van der Waals surface area (Å²) in [5, 5.41) is 4.06. The number of rotatable bonds is 3. The summed E-state index contributed by atoms with van der Waals surface area (Å²) in [4.78, 5) is 4.46. The highest BCUT2D eigenvalue weighted by Crippen LogP contribution is 2.43. The Hall–Kier alpha value is -1.15. The number of nitrogens with zero attached hydrogens (tertiary/aromatic N) is 2. The maximum absolute atomic E-state index is 5.96. The van der Waals surface area contributed by atoms with Crippen LogP contribution in [0.1, 0.15) is 25.1 Å². The lowest BCUT2D eigenvalue weighted by Gasteiger charge is -2.37. The number of hydrogen-bond donors (Lipinski definition) is 1. The summed E-state index contributed by atoms with van der Waals surface area (Å²) in [5.41, 5.74) is 7.00. The largest absolute Gasteiger partial charge is 0.398 e. The number of nitrogen functional groups attached to an aromatic ring is 1. The number of hydrogen-bond acceptors (Lipinski definition) is 5. The molecule has 0 atom stereocenters. The van der Waals surface area contributed by atoms with E-state index in [1.165, 1.54) is 0 Å². The van der Waals surface area contributed by atoms with E-state index in [0.717, 1.165) is 28.4 Å². The molecular formula is C13H14IN3O2. The van der Waals surface area contributed by atoms with Gasteiger partial charge in [-0.05, 0) is 60.1 Å². The van der Waals surface area contributed by atoms with Gasteiger partial charge >= 0.3 is 0 Å². The number of halogens is 1. The van der Waals surface area contributed by atoms with Gasteiger partial charge in [-0.2, -0.15) is 4.98 Å². The summed E-state index contributed by atoms with van der Waals surface area (Å²) in [6, 6.07) is 5.73. The van der Waals surface area contributed by atoms with E-state index in [-0.39, 0.29) is 5.60 Å². The average Bonchev–Trinajstić information content (AvgIpc) is 2.81. The van der Waals surface area contributed by atoms with Crippen LogP contribution in [-0.2, 0) is 10.3 Å². The molecule has 1 fully saturated rings. The fraction of sp³-hybridized carbons (Fsp3) is 0.385. The van der Waals surface area contributed by atoms with E-state index < -0.39 is 0 Å². The molecule has 1 aliphatic rings. The van der Waals surface area contributed by atoms with Gasteiger partial charge in [0.15, 0.2) is 0 Å². The second kappa shape index (κ2) is 4.75. The number of benzene rings is 1. The van der Waals surface area contributed by atoms with Crippen LogP contribution in [0.3, 0.4) is 0 Å². The molecule has 3 rings (SSSR count). The number of methoxy groups -OCH3 is 1. The molecule has 0 radical (unpaired) electrons. The summed E-state index contributed by atoms with van der Waals surface area (Å²) < 4.78 is 12.0. The molecule has 100 valence electrons. The molecule has 6 heteroatoms. The van der Waals surface area contributed by atoms with Crippen LogP contribution in [0.25, 0.3) is 11.5 Å². The van der Waals surface area contributed by atoms with Crippen LogP contribution in [0.5, 0.6) is 0 Å². The van der Waals surface area contributed by atoms with Gasteiger partial charge in [-0.15, -0.1) is 0 Å². The molecule has 1 aromatic heterocycles. The third-order valence-corrected chi connectivity index (χ3v) is 4.30. The van der Waals surface area contributed by atoms with Crippen molar-refractivity contribution < 1.29 is 9.26 Å². The molecule has 1 aliphatic carbocycles. The predicted molar refractivity (Wildman–Crippen MR) is 79.4 cm³/mol. The normalized spacial score (nSPS) is 17.2. The van der Waals surface area contributed by atoms with Gasteiger partial charge in [0.05, 0.1) is 5.56 Å². The Morgan fingerprint density at radius 3 is 2.84 bits per heavy atom. The highest BCUT2D eigenvalue weighted by molar-refractivity contribution is 14.1. The highest BCUT2D eigenvalue weighted by atomic mass is 127. The van der Waals surface area contributed by atoms with Crippen LogP contribution in [-0.4, -0.2) is 17.3 Å². The zero-order valence-corrected chi connectivity index (χ0v) is 12.7. The quantitative estimate of drug-likeness (QED) is 0.663. The Morgan fingerprint density at radius 2 is 2.21 bits per heavy atom. The van der Waals surface area contributed by atoms with Gasteiger partial charge in [0.2, 0.25) is 5.82 Å². The molecule has 0 aliphatic heterocycles. The zero-order valence-electron chi connectivity index (χ0n) is 10.5. The van der Waals surface area contributed by atoms with Crippen LogP contribution in [0.2, 0.25) is 0 Å². The highest BCUT2D eigenvalue weighted by Gasteiger charge is 2.43. The van der Waals surface area contributed by atoms with Crippen molar-refractivity contribution >= 4 is 28.3 Å². The SMILES string of the molecule is COC1(c2noc(-c3cc(I)ccc3N)n2)CCC1. The molecule has 0 unspecified atom stereocenters. The molecule has 0 saturated heterocycles. The van der Waals surface area contributed by atoms with Gasteiger partial charge in [0.25, 0.3) is 5.89 Å². The third kappa shape index (κ3) is 2.12. The molecule has 2 aromatic rings. The van der Waals surface area contributed by atoms with Crippen LogP contribution in [0.15, 0.2) is 22.7 Å². The minimum atomic E-state index is -0.363. The summed E-state index contributed by atoms with van der Waals surface area (Å²) in [7, 11) is 1.69. The van der Waals surface area contributed by atoms with Crippen molar-refractivity contribution in [2.45, 2.75) is 24.9 Å². The van der Waals surface area contributed by atoms with Crippen LogP contribution in [0, 0.1) is 3.57 Å². The molecule has 0 amide bonds. The zero-order chi connectivity index (χ0) is 13.5. The van der Waals surface area contributed by atoms with Crippen molar-refractivity contribution in [2.75, 3.05) is 12.8 Å². The van der Waals surface area contributed by atoms with Crippen LogP contribution in [0.4, 0.5) is 5.69 Å². The fourth-order valence-electron chi connectivity index (χ4n) is 2.25. The van der Waals surface area contributed by atoms with Gasteiger partial charge in [0, 0.05) is 16.4 Å². The van der Waals surface area contributed by atoms with E-state index in [1.54, 1.807) is 7.11 Å². The minimum Gasteiger partial charge on any atom is -0.398 e. The average molecular weight is 371 g/mol. The van der Waals surface area contributed by atoms with E-state index in [4.69, 9.17) is 15.0 Å². The van der Waals surface area contributed by atoms with Gasteiger partial charge < -0.3 is 15.0 Å². The van der Waals surface area contributed by atoms with E-state index in [0.29, 0.717) is 17.4 Å². The first-order valence-electron chi connectivity index (χ1n) is 6.09. The molecule has 2 N–H and O–H groups in total. The van der Waals surface area contributed by atoms with Gasteiger partial charge in [-0.3, -0.25) is 0 Å². The molecule has 5 nitrogen and oxygen atoms in total. The molecule has 0 spiro atoms. The second-order valence-corrected chi connectivity index (χ2v) is 5.95. The first-order valence-corrected chi connectivity index (χ1v) is 7.17. The van der Waals surface area contributed by atoms with Crippen molar-refractivity contribution in [3.05, 3.63) is 27.6 Å². The number of aromatic nitrogens is 2. The summed E-state index contributed by atoms with van der Waals surface area (Å²) in [6.45, 7) is 0.